The van der Waals surface area contributed by atoms with Crippen LogP contribution in [0.3, 0.4) is 0 Å². The van der Waals surface area contributed by atoms with Crippen LogP contribution >= 0.6 is 0 Å². The normalized spacial score (nSPS) is 12.9. The lowest BCUT2D eigenvalue weighted by Gasteiger charge is -2.27. The standard InChI is InChI=1S/C11H17F3N2O4/c1-6(2)8(15-10(20)11(12,13)14)9(19)16(3)5-4-7(17)18/h6,8H,4-5H2,1-3H3,(H,15,20)(H,17,18)/t8-/m0/s1. The average molecular weight is 298 g/mol. The van der Waals surface area contributed by atoms with Gasteiger partial charge in [-0.2, -0.15) is 13.2 Å². The first kappa shape index (κ1) is 18.2. The molecule has 0 spiro atoms. The van der Waals surface area contributed by atoms with Crippen molar-refractivity contribution in [2.24, 2.45) is 5.92 Å². The molecule has 0 aliphatic carbocycles. The number of rotatable bonds is 6. The zero-order valence-electron chi connectivity index (χ0n) is 11.3. The average Bonchev–Trinajstić information content (AvgIpc) is 2.29. The van der Waals surface area contributed by atoms with Gasteiger partial charge in [-0.05, 0) is 5.92 Å². The molecule has 116 valence electrons. The van der Waals surface area contributed by atoms with Crippen LogP contribution in [0.25, 0.3) is 0 Å². The van der Waals surface area contributed by atoms with Crippen LogP contribution in [0.1, 0.15) is 20.3 Å². The molecule has 0 bridgehead atoms. The van der Waals surface area contributed by atoms with Gasteiger partial charge in [0.25, 0.3) is 0 Å². The predicted octanol–water partition coefficient (Wildman–Crippen LogP) is 0.623. The van der Waals surface area contributed by atoms with Gasteiger partial charge in [-0.1, -0.05) is 13.8 Å². The summed E-state index contributed by atoms with van der Waals surface area (Å²) in [7, 11) is 1.26. The zero-order valence-corrected chi connectivity index (χ0v) is 11.3. The first-order chi connectivity index (χ1) is 8.96. The number of hydrogen-bond acceptors (Lipinski definition) is 3. The Labute approximate surface area is 113 Å². The summed E-state index contributed by atoms with van der Waals surface area (Å²) >= 11 is 0. The third-order valence-corrected chi connectivity index (χ3v) is 2.51. The minimum Gasteiger partial charge on any atom is -0.481 e. The zero-order chi connectivity index (χ0) is 16.1. The summed E-state index contributed by atoms with van der Waals surface area (Å²) in [5.74, 6) is -4.67. The first-order valence-electron chi connectivity index (χ1n) is 5.81. The molecule has 0 aliphatic heterocycles. The van der Waals surface area contributed by atoms with Crippen LogP contribution in [0.4, 0.5) is 13.2 Å². The second-order valence-corrected chi connectivity index (χ2v) is 4.60. The van der Waals surface area contributed by atoms with Crippen LogP contribution in [-0.4, -0.2) is 53.6 Å². The fraction of sp³-hybridized carbons (Fsp3) is 0.727. The van der Waals surface area contributed by atoms with Crippen molar-refractivity contribution in [1.82, 2.24) is 10.2 Å². The molecule has 0 heterocycles. The van der Waals surface area contributed by atoms with E-state index < -0.39 is 35.9 Å². The molecule has 0 fully saturated rings. The van der Waals surface area contributed by atoms with Gasteiger partial charge in [0.1, 0.15) is 6.04 Å². The van der Waals surface area contributed by atoms with E-state index in [1.807, 2.05) is 0 Å². The highest BCUT2D eigenvalue weighted by molar-refractivity contribution is 5.90. The molecule has 1 atom stereocenters. The molecule has 6 nitrogen and oxygen atoms in total. The highest BCUT2D eigenvalue weighted by atomic mass is 19.4. The maximum atomic E-state index is 12.2. The van der Waals surface area contributed by atoms with E-state index in [0.29, 0.717) is 0 Å². The van der Waals surface area contributed by atoms with Gasteiger partial charge in [0.15, 0.2) is 0 Å². The summed E-state index contributed by atoms with van der Waals surface area (Å²) in [6, 6.07) is -1.36. The van der Waals surface area contributed by atoms with E-state index in [0.717, 1.165) is 4.90 Å². The van der Waals surface area contributed by atoms with E-state index in [1.54, 1.807) is 5.32 Å². The quantitative estimate of drug-likeness (QED) is 0.752. The molecule has 9 heteroatoms. The highest BCUT2D eigenvalue weighted by Crippen LogP contribution is 2.16. The van der Waals surface area contributed by atoms with E-state index >= 15 is 0 Å². The Kier molecular flexibility index (Phi) is 6.47. The van der Waals surface area contributed by atoms with Crippen molar-refractivity contribution in [3.05, 3.63) is 0 Å². The second kappa shape index (κ2) is 7.11. The second-order valence-electron chi connectivity index (χ2n) is 4.60. The lowest BCUT2D eigenvalue weighted by atomic mass is 10.0. The molecule has 0 aromatic heterocycles. The Morgan fingerprint density at radius 2 is 1.75 bits per heavy atom. The molecule has 20 heavy (non-hydrogen) atoms. The molecular formula is C11H17F3N2O4. The topological polar surface area (TPSA) is 86.7 Å². The Hall–Kier alpha value is -1.80. The molecule has 2 N–H and O–H groups in total. The number of likely N-dealkylation sites (N-methyl/N-ethyl adjacent to an activating group) is 1. The SMILES string of the molecule is CC(C)[C@H](NC(=O)C(F)(F)F)C(=O)N(C)CCC(=O)O. The number of carbonyl (C=O) groups excluding carboxylic acids is 2. The maximum absolute atomic E-state index is 12.2. The van der Waals surface area contributed by atoms with Crippen molar-refractivity contribution in [2.75, 3.05) is 13.6 Å². The fourth-order valence-electron chi connectivity index (χ4n) is 1.35. The van der Waals surface area contributed by atoms with Crippen LogP contribution in [0.15, 0.2) is 0 Å². The summed E-state index contributed by atoms with van der Waals surface area (Å²) < 4.78 is 36.5. The van der Waals surface area contributed by atoms with Crippen LogP contribution in [0.5, 0.6) is 0 Å². The molecule has 0 rings (SSSR count). The molecule has 0 saturated carbocycles. The maximum Gasteiger partial charge on any atom is 0.471 e. The van der Waals surface area contributed by atoms with Crippen LogP contribution < -0.4 is 5.32 Å². The summed E-state index contributed by atoms with van der Waals surface area (Å²) in [6.07, 6.45) is -5.41. The number of alkyl halides is 3. The Bertz CT molecular complexity index is 382. The number of carboxylic acids is 1. The minimum absolute atomic E-state index is 0.153. The van der Waals surface area contributed by atoms with Gasteiger partial charge in [-0.15, -0.1) is 0 Å². The van der Waals surface area contributed by atoms with Crippen molar-refractivity contribution in [2.45, 2.75) is 32.5 Å². The number of aliphatic carboxylic acids is 1. The first-order valence-corrected chi connectivity index (χ1v) is 5.81. The predicted molar refractivity (Wildman–Crippen MR) is 62.7 cm³/mol. The lowest BCUT2D eigenvalue weighted by Crippen LogP contribution is -2.53. The van der Waals surface area contributed by atoms with Crippen molar-refractivity contribution in [3.63, 3.8) is 0 Å². The van der Waals surface area contributed by atoms with E-state index in [2.05, 4.69) is 0 Å². The molecule has 2 amide bonds. The fourth-order valence-corrected chi connectivity index (χ4v) is 1.35. The van der Waals surface area contributed by atoms with Crippen molar-refractivity contribution in [1.29, 1.82) is 0 Å². The molecule has 0 radical (unpaired) electrons. The van der Waals surface area contributed by atoms with Gasteiger partial charge in [0.2, 0.25) is 5.91 Å². The van der Waals surface area contributed by atoms with Gasteiger partial charge in [0, 0.05) is 13.6 Å². The smallest absolute Gasteiger partial charge is 0.471 e. The number of nitrogens with zero attached hydrogens (tertiary/aromatic N) is 1. The summed E-state index contributed by atoms with van der Waals surface area (Å²) in [4.78, 5) is 34.1. The Morgan fingerprint density at radius 3 is 2.10 bits per heavy atom. The number of nitrogens with one attached hydrogen (secondary N) is 1. The third-order valence-electron chi connectivity index (χ3n) is 2.51. The molecule has 0 aromatic carbocycles. The van der Waals surface area contributed by atoms with Crippen molar-refractivity contribution >= 4 is 17.8 Å². The van der Waals surface area contributed by atoms with Crippen LogP contribution in [0.2, 0.25) is 0 Å². The van der Waals surface area contributed by atoms with E-state index in [1.165, 1.54) is 20.9 Å². The molecular weight excluding hydrogens is 281 g/mol. The highest BCUT2D eigenvalue weighted by Gasteiger charge is 2.41. The lowest BCUT2D eigenvalue weighted by molar-refractivity contribution is -0.175. The van der Waals surface area contributed by atoms with Gasteiger partial charge in [-0.3, -0.25) is 14.4 Å². The number of carboxylic acid groups (broad SMARTS) is 1. The number of hydrogen-bond donors (Lipinski definition) is 2. The third kappa shape index (κ3) is 5.89. The van der Waals surface area contributed by atoms with E-state index in [9.17, 15) is 27.6 Å². The number of carbonyl (C=O) groups is 3. The summed E-state index contributed by atoms with van der Waals surface area (Å²) in [6.45, 7) is 2.80. The van der Waals surface area contributed by atoms with Gasteiger partial charge in [0.05, 0.1) is 6.42 Å². The largest absolute Gasteiger partial charge is 0.481 e. The van der Waals surface area contributed by atoms with E-state index in [4.69, 9.17) is 5.11 Å². The molecule has 0 aliphatic rings. The van der Waals surface area contributed by atoms with Gasteiger partial charge in [-0.25, -0.2) is 0 Å². The monoisotopic (exact) mass is 298 g/mol. The van der Waals surface area contributed by atoms with Crippen LogP contribution in [-0.2, 0) is 14.4 Å². The molecule has 0 aromatic rings. The van der Waals surface area contributed by atoms with Gasteiger partial charge >= 0.3 is 18.1 Å². The number of halogens is 3. The van der Waals surface area contributed by atoms with Gasteiger partial charge < -0.3 is 15.3 Å². The summed E-state index contributed by atoms with van der Waals surface area (Å²) in [5, 5.41) is 10.1. The van der Waals surface area contributed by atoms with Crippen LogP contribution in [0, 0.1) is 5.92 Å². The molecule has 0 saturated heterocycles. The molecule has 0 unspecified atom stereocenters. The van der Waals surface area contributed by atoms with Crippen molar-refractivity contribution in [3.8, 4) is 0 Å². The van der Waals surface area contributed by atoms with E-state index in [-0.39, 0.29) is 13.0 Å². The Morgan fingerprint density at radius 1 is 1.25 bits per heavy atom. The number of amides is 2. The minimum atomic E-state index is -5.08. The van der Waals surface area contributed by atoms with Crippen molar-refractivity contribution < 1.29 is 32.7 Å². The Balaban J connectivity index is 4.79. The summed E-state index contributed by atoms with van der Waals surface area (Å²) in [5.41, 5.74) is 0.